The van der Waals surface area contributed by atoms with Crippen molar-refractivity contribution in [2.75, 3.05) is 5.75 Å². The van der Waals surface area contributed by atoms with E-state index in [-0.39, 0.29) is 18.1 Å². The van der Waals surface area contributed by atoms with E-state index in [1.54, 1.807) is 6.92 Å². The Morgan fingerprint density at radius 3 is 2.33 bits per heavy atom. The van der Waals surface area contributed by atoms with Crippen LogP contribution >= 0.6 is 12.6 Å². The van der Waals surface area contributed by atoms with Crippen LogP contribution in [0.15, 0.2) is 12.5 Å². The lowest BCUT2D eigenvalue weighted by Gasteiger charge is -2.27. The van der Waals surface area contributed by atoms with Crippen LogP contribution in [-0.2, 0) is 25.6 Å². The first kappa shape index (κ1) is 25.4. The minimum absolute atomic E-state index is 0.0925. The summed E-state index contributed by atoms with van der Waals surface area (Å²) in [6.07, 6.45) is 3.60. The summed E-state index contributed by atoms with van der Waals surface area (Å²) in [6, 6.07) is -4.03. The van der Waals surface area contributed by atoms with Crippen LogP contribution in [-0.4, -0.2) is 68.7 Å². The van der Waals surface area contributed by atoms with Crippen molar-refractivity contribution >= 4 is 36.3 Å². The quantitative estimate of drug-likeness (QED) is 0.199. The average molecular weight is 443 g/mol. The van der Waals surface area contributed by atoms with Crippen molar-refractivity contribution in [2.45, 2.75) is 57.8 Å². The van der Waals surface area contributed by atoms with Gasteiger partial charge < -0.3 is 31.8 Å². The van der Waals surface area contributed by atoms with Gasteiger partial charge in [0, 0.05) is 24.1 Å². The summed E-state index contributed by atoms with van der Waals surface area (Å²) in [5, 5.41) is 16.6. The largest absolute Gasteiger partial charge is 0.480 e. The van der Waals surface area contributed by atoms with Crippen molar-refractivity contribution in [1.82, 2.24) is 25.9 Å². The molecule has 1 heterocycles. The molecule has 3 amide bonds. The number of carbonyl (C=O) groups is 4. The number of H-pyrrole nitrogens is 1. The maximum absolute atomic E-state index is 13.0. The van der Waals surface area contributed by atoms with Crippen molar-refractivity contribution in [3.8, 4) is 0 Å². The van der Waals surface area contributed by atoms with Crippen molar-refractivity contribution in [2.24, 2.45) is 11.7 Å². The molecule has 5 atom stereocenters. The molecule has 1 aromatic rings. The van der Waals surface area contributed by atoms with E-state index in [1.165, 1.54) is 19.4 Å². The maximum Gasteiger partial charge on any atom is 0.325 e. The number of amides is 3. The molecule has 30 heavy (non-hydrogen) atoms. The number of nitrogens with one attached hydrogen (secondary N) is 4. The molecule has 12 heteroatoms. The molecule has 0 saturated heterocycles. The van der Waals surface area contributed by atoms with Crippen LogP contribution in [0.25, 0.3) is 0 Å². The van der Waals surface area contributed by atoms with E-state index in [9.17, 15) is 19.2 Å². The first-order valence-electron chi connectivity index (χ1n) is 9.58. The van der Waals surface area contributed by atoms with Gasteiger partial charge in [0.05, 0.1) is 12.4 Å². The van der Waals surface area contributed by atoms with Crippen LogP contribution in [0, 0.1) is 5.92 Å². The Bertz CT molecular complexity index is 729. The summed E-state index contributed by atoms with van der Waals surface area (Å²) >= 11 is 3.98. The van der Waals surface area contributed by atoms with E-state index in [0.717, 1.165) is 0 Å². The molecule has 1 aromatic heterocycles. The molecular weight excluding hydrogens is 412 g/mol. The van der Waals surface area contributed by atoms with Crippen LogP contribution in [0.1, 0.15) is 32.9 Å². The molecule has 0 aliphatic rings. The highest BCUT2D eigenvalue weighted by molar-refractivity contribution is 7.80. The number of nitrogens with two attached hydrogens (primary N) is 1. The highest BCUT2D eigenvalue weighted by atomic mass is 32.1. The second-order valence-corrected chi connectivity index (χ2v) is 7.44. The van der Waals surface area contributed by atoms with Gasteiger partial charge in [0.25, 0.3) is 0 Å². The number of rotatable bonds is 12. The molecule has 0 fully saturated rings. The van der Waals surface area contributed by atoms with Gasteiger partial charge in [-0.1, -0.05) is 20.3 Å². The molecule has 5 unspecified atom stereocenters. The third-order valence-corrected chi connectivity index (χ3v) is 5.06. The number of carbonyl (C=O) groups excluding carboxylic acids is 3. The monoisotopic (exact) mass is 442 g/mol. The number of carboxylic acid groups (broad SMARTS) is 1. The third-order valence-electron chi connectivity index (χ3n) is 4.67. The van der Waals surface area contributed by atoms with E-state index < -0.39 is 47.9 Å². The molecule has 1 rings (SSSR count). The maximum atomic E-state index is 13.0. The molecule has 0 aromatic carbocycles. The fourth-order valence-corrected chi connectivity index (χ4v) is 2.67. The second kappa shape index (κ2) is 12.2. The molecule has 11 nitrogen and oxygen atoms in total. The standard InChI is InChI=1S/C18H30N6O5S/c1-4-9(2)14(17(27)22-10(3)18(28)29)24-16(26)13(5-11-6-20-8-21-11)23-15(25)12(19)7-30/h6,8-10,12-14,30H,4-5,7,19H2,1-3H3,(H,20,21)(H,22,27)(H,23,25)(H,24,26)(H,28,29). The zero-order chi connectivity index (χ0) is 22.8. The van der Waals surface area contributed by atoms with Crippen molar-refractivity contribution in [1.29, 1.82) is 0 Å². The average Bonchev–Trinajstić information content (AvgIpc) is 3.22. The van der Waals surface area contributed by atoms with Gasteiger partial charge in [-0.3, -0.25) is 19.2 Å². The van der Waals surface area contributed by atoms with Crippen LogP contribution in [0.2, 0.25) is 0 Å². The number of aromatic nitrogens is 2. The lowest BCUT2D eigenvalue weighted by atomic mass is 9.97. The van der Waals surface area contributed by atoms with E-state index in [0.29, 0.717) is 12.1 Å². The predicted octanol–water partition coefficient (Wildman–Crippen LogP) is -1.19. The lowest BCUT2D eigenvalue weighted by Crippen LogP contribution is -2.59. The van der Waals surface area contributed by atoms with E-state index >= 15 is 0 Å². The minimum atomic E-state index is -1.19. The van der Waals surface area contributed by atoms with Crippen LogP contribution in [0.4, 0.5) is 0 Å². The Labute approximate surface area is 180 Å². The Morgan fingerprint density at radius 2 is 1.83 bits per heavy atom. The van der Waals surface area contributed by atoms with E-state index in [4.69, 9.17) is 10.8 Å². The number of thiol groups is 1. The van der Waals surface area contributed by atoms with Gasteiger partial charge in [-0.05, 0) is 12.8 Å². The Morgan fingerprint density at radius 1 is 1.17 bits per heavy atom. The van der Waals surface area contributed by atoms with Crippen molar-refractivity contribution in [3.63, 3.8) is 0 Å². The van der Waals surface area contributed by atoms with E-state index in [1.807, 2.05) is 6.92 Å². The molecule has 0 radical (unpaired) electrons. The van der Waals surface area contributed by atoms with Crippen molar-refractivity contribution < 1.29 is 24.3 Å². The highest BCUT2D eigenvalue weighted by Crippen LogP contribution is 2.10. The first-order chi connectivity index (χ1) is 14.1. The third kappa shape index (κ3) is 7.67. The summed E-state index contributed by atoms with van der Waals surface area (Å²) in [5.74, 6) is -3.16. The Hall–Kier alpha value is -2.60. The summed E-state index contributed by atoms with van der Waals surface area (Å²) in [4.78, 5) is 55.5. The molecule has 168 valence electrons. The van der Waals surface area contributed by atoms with Crippen LogP contribution in [0.5, 0.6) is 0 Å². The normalized spacial score (nSPS) is 15.9. The smallest absolute Gasteiger partial charge is 0.325 e. The summed E-state index contributed by atoms with van der Waals surface area (Å²) in [5.41, 5.74) is 6.28. The zero-order valence-electron chi connectivity index (χ0n) is 17.2. The highest BCUT2D eigenvalue weighted by Gasteiger charge is 2.32. The summed E-state index contributed by atoms with van der Waals surface area (Å²) < 4.78 is 0. The van der Waals surface area contributed by atoms with Crippen LogP contribution < -0.4 is 21.7 Å². The van der Waals surface area contributed by atoms with Gasteiger partial charge in [-0.15, -0.1) is 0 Å². The molecule has 7 N–H and O–H groups in total. The number of nitrogens with zero attached hydrogens (tertiary/aromatic N) is 1. The lowest BCUT2D eigenvalue weighted by molar-refractivity contribution is -0.142. The molecule has 0 aliphatic carbocycles. The van der Waals surface area contributed by atoms with Gasteiger partial charge in [0.1, 0.15) is 18.1 Å². The number of hydrogen-bond donors (Lipinski definition) is 7. The van der Waals surface area contributed by atoms with E-state index in [2.05, 4.69) is 38.5 Å². The second-order valence-electron chi connectivity index (χ2n) is 7.07. The van der Waals surface area contributed by atoms with Crippen molar-refractivity contribution in [3.05, 3.63) is 18.2 Å². The number of imidazole rings is 1. The first-order valence-corrected chi connectivity index (χ1v) is 10.2. The summed E-state index contributed by atoms with van der Waals surface area (Å²) in [6.45, 7) is 4.93. The number of aliphatic carboxylic acids is 1. The van der Waals surface area contributed by atoms with Gasteiger partial charge >= 0.3 is 5.97 Å². The SMILES string of the molecule is CCC(C)C(NC(=O)C(Cc1cnc[nH]1)NC(=O)C(N)CS)C(=O)NC(C)C(=O)O. The predicted molar refractivity (Wildman–Crippen MR) is 113 cm³/mol. The number of hydrogen-bond acceptors (Lipinski definition) is 7. The van der Waals surface area contributed by atoms with Gasteiger partial charge in [-0.25, -0.2) is 4.98 Å². The minimum Gasteiger partial charge on any atom is -0.480 e. The van der Waals surface area contributed by atoms with Crippen LogP contribution in [0.3, 0.4) is 0 Å². The molecule has 0 saturated carbocycles. The van der Waals surface area contributed by atoms with Gasteiger partial charge in [0.2, 0.25) is 17.7 Å². The molecular formula is C18H30N6O5S. The number of aromatic amines is 1. The molecule has 0 bridgehead atoms. The molecule has 0 spiro atoms. The zero-order valence-corrected chi connectivity index (χ0v) is 18.1. The summed E-state index contributed by atoms with van der Waals surface area (Å²) in [7, 11) is 0. The molecule has 0 aliphatic heterocycles. The fraction of sp³-hybridized carbons (Fsp3) is 0.611. The Kier molecular flexibility index (Phi) is 10.3. The fourth-order valence-electron chi connectivity index (χ4n) is 2.51. The Balaban J connectivity index is 3.00. The van der Waals surface area contributed by atoms with Gasteiger partial charge in [-0.2, -0.15) is 12.6 Å². The topological polar surface area (TPSA) is 179 Å². The number of carboxylic acids is 1. The van der Waals surface area contributed by atoms with Gasteiger partial charge in [0.15, 0.2) is 0 Å².